The van der Waals surface area contributed by atoms with E-state index in [1.165, 1.54) is 89.9 Å². The molecule has 8 nitrogen and oxygen atoms in total. The monoisotopic (exact) mass is 693 g/mol. The molecule has 42 heavy (non-hydrogen) atoms. The smallest absolute Gasteiger partial charge is 0.0642 e. The van der Waals surface area contributed by atoms with E-state index in [1.807, 2.05) is 0 Å². The van der Waals surface area contributed by atoms with Crippen molar-refractivity contribution in [2.45, 2.75) is 151 Å². The zero-order chi connectivity index (χ0) is 27.1. The van der Waals surface area contributed by atoms with Gasteiger partial charge in [0.25, 0.3) is 0 Å². The van der Waals surface area contributed by atoms with E-state index in [0.29, 0.717) is 78.7 Å². The maximum absolute atomic E-state index is 7.19. The number of rotatable bonds is 0. The fraction of sp³-hybridized carbons (Fsp3) is 1.00. The number of halogens is 1. The van der Waals surface area contributed by atoms with Gasteiger partial charge in [-0.05, 0) is 92.8 Å². The van der Waals surface area contributed by atoms with Gasteiger partial charge in [-0.2, -0.15) is 0 Å². The van der Waals surface area contributed by atoms with E-state index in [2.05, 4.69) is 42.5 Å². The van der Waals surface area contributed by atoms with Crippen LogP contribution in [0.4, 0.5) is 0 Å². The molecule has 1 radical (unpaired) electrons. The Hall–Kier alpha value is 0.710. The summed E-state index contributed by atoms with van der Waals surface area (Å²) in [6.07, 6.45) is 22.9. The van der Waals surface area contributed by atoms with E-state index >= 15 is 0 Å². The van der Waals surface area contributed by atoms with Crippen molar-refractivity contribution in [3.05, 3.63) is 0 Å². The number of alkyl halides is 1. The van der Waals surface area contributed by atoms with E-state index in [1.54, 1.807) is 0 Å². The predicted molar refractivity (Wildman–Crippen MR) is 162 cm³/mol. The summed E-state index contributed by atoms with van der Waals surface area (Å²) in [5.74, 6) is 5.34. The third-order valence-electron chi connectivity index (χ3n) is 13.8. The third-order valence-corrected chi connectivity index (χ3v) is 14.3. The van der Waals surface area contributed by atoms with Crippen LogP contribution in [-0.4, -0.2) is 54.7 Å². The first-order valence-electron chi connectivity index (χ1n) is 17.9. The van der Waals surface area contributed by atoms with Crippen LogP contribution in [0.3, 0.4) is 0 Å². The number of hydrogen-bond acceptors (Lipinski definition) is 8. The van der Waals surface area contributed by atoms with E-state index in [0.717, 1.165) is 18.3 Å². The first-order valence-corrected chi connectivity index (χ1v) is 18.4. The Morgan fingerprint density at radius 1 is 0.310 bits per heavy atom. The second-order valence-corrected chi connectivity index (χ2v) is 16.2. The summed E-state index contributed by atoms with van der Waals surface area (Å²) in [6.45, 7) is 0. The molecule has 17 atom stereocenters. The summed E-state index contributed by atoms with van der Waals surface area (Å²) < 4.78 is 0. The third kappa shape index (κ3) is 5.14. The molecule has 4 saturated carbocycles. The van der Waals surface area contributed by atoms with Crippen LogP contribution in [0.1, 0.15) is 96.3 Å². The van der Waals surface area contributed by atoms with Gasteiger partial charge in [-0.25, -0.2) is 0 Å². The van der Waals surface area contributed by atoms with E-state index in [4.69, 9.17) is 11.6 Å². The van der Waals surface area contributed by atoms with Crippen molar-refractivity contribution < 1.29 is 22.4 Å². The summed E-state index contributed by atoms with van der Waals surface area (Å²) in [7, 11) is 0. The minimum atomic E-state index is 0. The van der Waals surface area contributed by atoms with Crippen molar-refractivity contribution in [1.29, 1.82) is 0 Å². The van der Waals surface area contributed by atoms with E-state index in [-0.39, 0.29) is 33.9 Å². The Balaban J connectivity index is 0.00000267. The zero-order valence-electron chi connectivity index (χ0n) is 25.1. The Morgan fingerprint density at radius 3 is 0.905 bits per heavy atom. The minimum absolute atomic E-state index is 0. The van der Waals surface area contributed by atoms with Gasteiger partial charge in [0.1, 0.15) is 0 Å². The molecule has 0 aromatic heterocycles. The maximum Gasteiger partial charge on any atom is 0.0642 e. The summed E-state index contributed by atoms with van der Waals surface area (Å²) in [5.41, 5.74) is 0. The molecule has 0 aromatic carbocycles. The topological polar surface area (TPSA) is 96.2 Å². The molecule has 5 saturated heterocycles. The molecule has 241 valence electrons. The molecular formula is C32H55AgClN8. The van der Waals surface area contributed by atoms with Crippen molar-refractivity contribution in [2.24, 2.45) is 47.3 Å². The molecule has 8 bridgehead atoms. The molecule has 17 unspecified atom stereocenters. The quantitative estimate of drug-likeness (QED) is 0.145. The first-order chi connectivity index (χ1) is 20.2. The second-order valence-electron chi connectivity index (χ2n) is 15.7. The average molecular weight is 695 g/mol. The Bertz CT molecular complexity index is 959. The average Bonchev–Trinajstić information content (AvgIpc) is 3.73. The fourth-order valence-electron chi connectivity index (χ4n) is 12.0. The van der Waals surface area contributed by atoms with Crippen LogP contribution in [0.2, 0.25) is 0 Å². The van der Waals surface area contributed by atoms with Crippen molar-refractivity contribution in [3.8, 4) is 0 Å². The van der Waals surface area contributed by atoms with E-state index < -0.39 is 0 Å². The molecule has 9 rings (SSSR count). The number of nitrogens with one attached hydrogen (secondary N) is 8. The normalized spacial score (nSPS) is 56.9. The molecule has 0 amide bonds. The summed E-state index contributed by atoms with van der Waals surface area (Å²) >= 11 is 7.19. The van der Waals surface area contributed by atoms with Gasteiger partial charge in [-0.1, -0.05) is 44.9 Å². The summed E-state index contributed by atoms with van der Waals surface area (Å²) in [6, 6.07) is 0. The van der Waals surface area contributed by atoms with Crippen molar-refractivity contribution >= 4 is 11.6 Å². The molecule has 5 aliphatic heterocycles. The molecular weight excluding hydrogens is 640 g/mol. The van der Waals surface area contributed by atoms with Crippen LogP contribution >= 0.6 is 11.6 Å². The van der Waals surface area contributed by atoms with Gasteiger partial charge in [0.2, 0.25) is 0 Å². The summed E-state index contributed by atoms with van der Waals surface area (Å²) in [5, 5.41) is 33.8. The predicted octanol–water partition coefficient (Wildman–Crippen LogP) is 2.82. The molecule has 10 heteroatoms. The second kappa shape index (κ2) is 12.4. The molecule has 9 fully saturated rings. The van der Waals surface area contributed by atoms with Gasteiger partial charge in [0.15, 0.2) is 0 Å². The Labute approximate surface area is 273 Å². The fourth-order valence-corrected chi connectivity index (χ4v) is 12.5. The van der Waals surface area contributed by atoms with Crippen LogP contribution < -0.4 is 42.5 Å². The van der Waals surface area contributed by atoms with Crippen molar-refractivity contribution in [2.75, 3.05) is 0 Å². The Kier molecular flexibility index (Phi) is 8.87. The van der Waals surface area contributed by atoms with Gasteiger partial charge < -0.3 is 0 Å². The first kappa shape index (κ1) is 30.1. The maximum atomic E-state index is 7.19. The van der Waals surface area contributed by atoms with Crippen LogP contribution in [0.25, 0.3) is 0 Å². The van der Waals surface area contributed by atoms with Crippen LogP contribution in [-0.2, 0) is 22.4 Å². The van der Waals surface area contributed by atoms with Crippen molar-refractivity contribution in [3.63, 3.8) is 0 Å². The minimum Gasteiger partial charge on any atom is -0.286 e. The van der Waals surface area contributed by atoms with Gasteiger partial charge in [-0.15, -0.1) is 11.6 Å². The molecule has 0 aromatic rings. The van der Waals surface area contributed by atoms with Crippen LogP contribution in [0.5, 0.6) is 0 Å². The van der Waals surface area contributed by atoms with Gasteiger partial charge in [-0.3, -0.25) is 42.5 Å². The van der Waals surface area contributed by atoms with Crippen molar-refractivity contribution in [1.82, 2.24) is 42.5 Å². The molecule has 8 N–H and O–H groups in total. The molecule has 0 spiro atoms. The Morgan fingerprint density at radius 2 is 0.571 bits per heavy atom. The standard InChI is InChI=1S/C32H55ClN8.Ag/c33-23-15-7-14-22-24(23)32-40-30-21-13-6-5-12-20(21)28(38-30)36-26-17-9-2-1-8-16(17)25(34-26)35-27-18-10-3-4-11-19(18)29(37-27)39-31(22)41-32;/h16-32,34-41H,1-15H2;. The molecule has 4 aliphatic carbocycles. The van der Waals surface area contributed by atoms with E-state index in [9.17, 15) is 0 Å². The number of hydrogen-bond donors (Lipinski definition) is 8. The zero-order valence-corrected chi connectivity index (χ0v) is 27.3. The van der Waals surface area contributed by atoms with Gasteiger partial charge >= 0.3 is 0 Å². The molecule has 9 aliphatic rings. The van der Waals surface area contributed by atoms with Crippen LogP contribution in [0, 0.1) is 47.3 Å². The van der Waals surface area contributed by atoms with Gasteiger partial charge in [0, 0.05) is 33.7 Å². The number of fused-ring (bicyclic) bond motifs is 20. The largest absolute Gasteiger partial charge is 0.286 e. The SMILES string of the molecule is ClC1CCCC2C3NC4NC(NC5NC(NC6NC(NC(N3)C12)C1CCCCC61)C1CCCCC51)C1CCCCC41.[Ag]. The molecule has 5 heterocycles. The van der Waals surface area contributed by atoms with Gasteiger partial charge in [0.05, 0.1) is 49.3 Å². The summed E-state index contributed by atoms with van der Waals surface area (Å²) in [4.78, 5) is 0. The van der Waals surface area contributed by atoms with Crippen LogP contribution in [0.15, 0.2) is 0 Å².